The van der Waals surface area contributed by atoms with Crippen LogP contribution in [0, 0.1) is 25.2 Å². The molecule has 0 saturated carbocycles. The lowest BCUT2D eigenvalue weighted by Gasteiger charge is -2.11. The molecule has 2 nitrogen and oxygen atoms in total. The first-order valence-corrected chi connectivity index (χ1v) is 6.67. The number of nitriles is 1. The Labute approximate surface area is 123 Å². The second-order valence-electron chi connectivity index (χ2n) is 4.80. The van der Waals surface area contributed by atoms with Gasteiger partial charge in [0.2, 0.25) is 0 Å². The standard InChI is InChI=1S/C17H14ClNO/c1-11-3-5-13(6-4-11)16(10-19)17(20)15-8-7-14(18)9-12(15)2/h3-9,16H,1-2H3. The van der Waals surface area contributed by atoms with E-state index in [0.29, 0.717) is 10.6 Å². The number of Topliss-reactive ketones (excluding diaryl/α,β-unsaturated/α-hetero) is 1. The summed E-state index contributed by atoms with van der Waals surface area (Å²) in [5, 5.41) is 9.92. The molecule has 0 spiro atoms. The monoisotopic (exact) mass is 283 g/mol. The van der Waals surface area contributed by atoms with Crippen LogP contribution in [0.15, 0.2) is 42.5 Å². The van der Waals surface area contributed by atoms with Crippen molar-refractivity contribution in [2.75, 3.05) is 0 Å². The molecule has 20 heavy (non-hydrogen) atoms. The van der Waals surface area contributed by atoms with Crippen LogP contribution < -0.4 is 0 Å². The van der Waals surface area contributed by atoms with Crippen molar-refractivity contribution in [2.24, 2.45) is 0 Å². The molecule has 0 aliphatic carbocycles. The first kappa shape index (κ1) is 14.3. The minimum atomic E-state index is -0.782. The van der Waals surface area contributed by atoms with Crippen molar-refractivity contribution >= 4 is 17.4 Å². The molecule has 0 aliphatic rings. The van der Waals surface area contributed by atoms with Gasteiger partial charge in [0.25, 0.3) is 0 Å². The predicted octanol–water partition coefficient (Wildman–Crippen LogP) is 4.45. The maximum atomic E-state index is 12.5. The van der Waals surface area contributed by atoms with E-state index in [0.717, 1.165) is 16.7 Å². The van der Waals surface area contributed by atoms with Crippen LogP contribution in [-0.4, -0.2) is 5.78 Å². The number of aryl methyl sites for hydroxylation is 2. The highest BCUT2D eigenvalue weighted by atomic mass is 35.5. The highest BCUT2D eigenvalue weighted by Crippen LogP contribution is 2.24. The van der Waals surface area contributed by atoms with Crippen molar-refractivity contribution in [2.45, 2.75) is 19.8 Å². The summed E-state index contributed by atoms with van der Waals surface area (Å²) in [7, 11) is 0. The number of hydrogen-bond donors (Lipinski definition) is 0. The third-order valence-corrected chi connectivity index (χ3v) is 3.49. The summed E-state index contributed by atoms with van der Waals surface area (Å²) in [6.07, 6.45) is 0. The van der Waals surface area contributed by atoms with Gasteiger partial charge in [0.05, 0.1) is 6.07 Å². The summed E-state index contributed by atoms with van der Waals surface area (Å²) in [5.41, 5.74) is 3.15. The van der Waals surface area contributed by atoms with Crippen LogP contribution in [0.2, 0.25) is 5.02 Å². The zero-order valence-corrected chi connectivity index (χ0v) is 12.1. The first-order valence-electron chi connectivity index (χ1n) is 6.29. The van der Waals surface area contributed by atoms with Gasteiger partial charge in [-0.05, 0) is 43.2 Å². The van der Waals surface area contributed by atoms with Crippen LogP contribution >= 0.6 is 11.6 Å². The lowest BCUT2D eigenvalue weighted by molar-refractivity contribution is 0.0978. The van der Waals surface area contributed by atoms with Gasteiger partial charge < -0.3 is 0 Å². The molecule has 100 valence electrons. The summed E-state index contributed by atoms with van der Waals surface area (Å²) in [4.78, 5) is 12.5. The zero-order chi connectivity index (χ0) is 14.7. The maximum Gasteiger partial charge on any atom is 0.184 e. The van der Waals surface area contributed by atoms with E-state index in [1.165, 1.54) is 0 Å². The van der Waals surface area contributed by atoms with Crippen LogP contribution in [-0.2, 0) is 0 Å². The molecule has 3 heteroatoms. The van der Waals surface area contributed by atoms with Crippen molar-refractivity contribution in [1.82, 2.24) is 0 Å². The van der Waals surface area contributed by atoms with E-state index in [-0.39, 0.29) is 5.78 Å². The summed E-state index contributed by atoms with van der Waals surface area (Å²) in [6.45, 7) is 3.79. The summed E-state index contributed by atoms with van der Waals surface area (Å²) < 4.78 is 0. The number of halogens is 1. The Kier molecular flexibility index (Phi) is 4.22. The van der Waals surface area contributed by atoms with E-state index in [1.54, 1.807) is 18.2 Å². The minimum absolute atomic E-state index is 0.189. The van der Waals surface area contributed by atoms with Crippen LogP contribution in [0.1, 0.15) is 33.0 Å². The number of ketones is 1. The van der Waals surface area contributed by atoms with Gasteiger partial charge in [0.1, 0.15) is 5.92 Å². The van der Waals surface area contributed by atoms with E-state index >= 15 is 0 Å². The topological polar surface area (TPSA) is 40.9 Å². The highest BCUT2D eigenvalue weighted by Gasteiger charge is 2.22. The average Bonchev–Trinajstić information content (AvgIpc) is 2.41. The molecule has 0 aliphatic heterocycles. The van der Waals surface area contributed by atoms with Gasteiger partial charge in [0, 0.05) is 10.6 Å². The number of nitrogens with zero attached hydrogens (tertiary/aromatic N) is 1. The van der Waals surface area contributed by atoms with E-state index < -0.39 is 5.92 Å². The smallest absolute Gasteiger partial charge is 0.184 e. The van der Waals surface area contributed by atoms with Gasteiger partial charge in [-0.2, -0.15) is 5.26 Å². The molecule has 0 N–H and O–H groups in total. The second kappa shape index (κ2) is 5.90. The fourth-order valence-electron chi connectivity index (χ4n) is 2.10. The van der Waals surface area contributed by atoms with Crippen molar-refractivity contribution in [1.29, 1.82) is 5.26 Å². The number of carbonyl (C=O) groups excluding carboxylic acids is 1. The molecule has 0 saturated heterocycles. The van der Waals surface area contributed by atoms with Gasteiger partial charge in [-0.25, -0.2) is 0 Å². The SMILES string of the molecule is Cc1ccc(C(C#N)C(=O)c2ccc(Cl)cc2C)cc1. The van der Waals surface area contributed by atoms with Gasteiger partial charge in [-0.15, -0.1) is 0 Å². The Morgan fingerprint density at radius 3 is 2.35 bits per heavy atom. The normalized spacial score (nSPS) is 11.7. The summed E-state index contributed by atoms with van der Waals surface area (Å²) in [5.74, 6) is -0.971. The lowest BCUT2D eigenvalue weighted by atomic mass is 9.89. The van der Waals surface area contributed by atoms with Crippen molar-refractivity contribution < 1.29 is 4.79 Å². The largest absolute Gasteiger partial charge is 0.292 e. The van der Waals surface area contributed by atoms with Crippen LogP contribution in [0.3, 0.4) is 0 Å². The number of benzene rings is 2. The Hall–Kier alpha value is -2.11. The fourth-order valence-corrected chi connectivity index (χ4v) is 2.33. The van der Waals surface area contributed by atoms with Gasteiger partial charge >= 0.3 is 0 Å². The van der Waals surface area contributed by atoms with E-state index in [1.807, 2.05) is 38.1 Å². The van der Waals surface area contributed by atoms with Crippen LogP contribution in [0.5, 0.6) is 0 Å². The summed E-state index contributed by atoms with van der Waals surface area (Å²) >= 11 is 5.89. The molecule has 0 heterocycles. The average molecular weight is 284 g/mol. The van der Waals surface area contributed by atoms with Crippen LogP contribution in [0.4, 0.5) is 0 Å². The fraction of sp³-hybridized carbons (Fsp3) is 0.176. The molecule has 2 aromatic carbocycles. The van der Waals surface area contributed by atoms with Crippen molar-refractivity contribution in [3.05, 3.63) is 69.7 Å². The Balaban J connectivity index is 2.39. The maximum absolute atomic E-state index is 12.5. The molecule has 2 rings (SSSR count). The van der Waals surface area contributed by atoms with E-state index in [2.05, 4.69) is 6.07 Å². The zero-order valence-electron chi connectivity index (χ0n) is 11.4. The number of hydrogen-bond acceptors (Lipinski definition) is 2. The van der Waals surface area contributed by atoms with Crippen molar-refractivity contribution in [3.63, 3.8) is 0 Å². The highest BCUT2D eigenvalue weighted by molar-refractivity contribution is 6.30. The quantitative estimate of drug-likeness (QED) is 0.781. The Bertz CT molecular complexity index is 683. The molecular formula is C17H14ClNO. The van der Waals surface area contributed by atoms with E-state index in [9.17, 15) is 10.1 Å². The second-order valence-corrected chi connectivity index (χ2v) is 5.23. The number of carbonyl (C=O) groups is 1. The third kappa shape index (κ3) is 2.89. The summed E-state index contributed by atoms with van der Waals surface area (Å²) in [6, 6.07) is 14.6. The molecule has 0 bridgehead atoms. The molecule has 2 aromatic rings. The molecule has 0 aromatic heterocycles. The molecule has 0 fully saturated rings. The Morgan fingerprint density at radius 1 is 1.15 bits per heavy atom. The predicted molar refractivity (Wildman–Crippen MR) is 80.1 cm³/mol. The molecule has 1 atom stereocenters. The molecule has 1 unspecified atom stereocenters. The van der Waals surface area contributed by atoms with E-state index in [4.69, 9.17) is 11.6 Å². The minimum Gasteiger partial charge on any atom is -0.292 e. The van der Waals surface area contributed by atoms with Crippen LogP contribution in [0.25, 0.3) is 0 Å². The van der Waals surface area contributed by atoms with Gasteiger partial charge in [-0.1, -0.05) is 41.4 Å². The molecule has 0 amide bonds. The third-order valence-electron chi connectivity index (χ3n) is 3.26. The lowest BCUT2D eigenvalue weighted by Crippen LogP contribution is -2.12. The molecular weight excluding hydrogens is 270 g/mol. The van der Waals surface area contributed by atoms with Gasteiger partial charge in [-0.3, -0.25) is 4.79 Å². The number of rotatable bonds is 3. The molecule has 0 radical (unpaired) electrons. The van der Waals surface area contributed by atoms with Crippen molar-refractivity contribution in [3.8, 4) is 6.07 Å². The van der Waals surface area contributed by atoms with Gasteiger partial charge in [0.15, 0.2) is 5.78 Å². The Morgan fingerprint density at radius 2 is 1.80 bits per heavy atom. The first-order chi connectivity index (χ1) is 9.52.